The molecule has 0 amide bonds. The van der Waals surface area contributed by atoms with Crippen molar-refractivity contribution in [2.24, 2.45) is 11.8 Å². The number of hydrogen-bond acceptors (Lipinski definition) is 5. The fourth-order valence-electron chi connectivity index (χ4n) is 1.68. The lowest BCUT2D eigenvalue weighted by molar-refractivity contribution is 0.451. The second kappa shape index (κ2) is 7.26. The average Bonchev–Trinajstić information content (AvgIpc) is 2.69. The molecule has 1 atom stereocenters. The molecule has 0 aliphatic carbocycles. The lowest BCUT2D eigenvalue weighted by atomic mass is 10.2. The van der Waals surface area contributed by atoms with Crippen molar-refractivity contribution in [3.63, 3.8) is 0 Å². The molecule has 19 heavy (non-hydrogen) atoms. The van der Waals surface area contributed by atoms with E-state index in [1.165, 1.54) is 0 Å². The van der Waals surface area contributed by atoms with Gasteiger partial charge in [-0.15, -0.1) is 0 Å². The molecule has 0 spiro atoms. The third-order valence-electron chi connectivity index (χ3n) is 2.62. The van der Waals surface area contributed by atoms with Gasteiger partial charge in [-0.2, -0.15) is 16.9 Å². The Morgan fingerprint density at radius 3 is 2.63 bits per heavy atom. The van der Waals surface area contributed by atoms with Crippen molar-refractivity contribution < 1.29 is 0 Å². The Kier molecular flexibility index (Phi) is 6.29. The van der Waals surface area contributed by atoms with Crippen LogP contribution >= 0.6 is 11.8 Å². The molecule has 5 nitrogen and oxygen atoms in total. The van der Waals surface area contributed by atoms with Gasteiger partial charge in [-0.3, -0.25) is 11.3 Å². The molecule has 110 valence electrons. The van der Waals surface area contributed by atoms with Crippen molar-refractivity contribution in [3.8, 4) is 0 Å². The zero-order valence-electron chi connectivity index (χ0n) is 12.7. The van der Waals surface area contributed by atoms with Crippen molar-refractivity contribution in [2.75, 3.05) is 5.75 Å². The lowest BCUT2D eigenvalue weighted by Gasteiger charge is -2.22. The van der Waals surface area contributed by atoms with Crippen molar-refractivity contribution in [2.45, 2.75) is 58.4 Å². The first-order chi connectivity index (χ1) is 8.81. The molecular weight excluding hydrogens is 258 g/mol. The summed E-state index contributed by atoms with van der Waals surface area (Å²) in [6.07, 6.45) is 2.44. The van der Waals surface area contributed by atoms with Crippen molar-refractivity contribution in [1.82, 2.24) is 20.2 Å². The minimum atomic E-state index is 0.222. The molecule has 0 bridgehead atoms. The minimum absolute atomic E-state index is 0.222. The van der Waals surface area contributed by atoms with E-state index in [-0.39, 0.29) is 10.8 Å². The topological polar surface area (TPSA) is 68.8 Å². The zero-order chi connectivity index (χ0) is 14.5. The van der Waals surface area contributed by atoms with E-state index in [0.29, 0.717) is 5.92 Å². The van der Waals surface area contributed by atoms with Crippen LogP contribution in [0.2, 0.25) is 0 Å². The second-order valence-electron chi connectivity index (χ2n) is 6.24. The summed E-state index contributed by atoms with van der Waals surface area (Å²) < 4.78 is 2.23. The lowest BCUT2D eigenvalue weighted by Crippen LogP contribution is -2.40. The average molecular weight is 285 g/mol. The van der Waals surface area contributed by atoms with Crippen LogP contribution in [0.3, 0.4) is 0 Å². The van der Waals surface area contributed by atoms with Gasteiger partial charge in [0.2, 0.25) is 0 Å². The summed E-state index contributed by atoms with van der Waals surface area (Å²) in [6.45, 7) is 11.9. The van der Waals surface area contributed by atoms with Crippen LogP contribution in [0.15, 0.2) is 6.33 Å². The van der Waals surface area contributed by atoms with Gasteiger partial charge in [0, 0.05) is 29.5 Å². The molecule has 0 aliphatic rings. The van der Waals surface area contributed by atoms with Crippen LogP contribution in [0.4, 0.5) is 0 Å². The van der Waals surface area contributed by atoms with Crippen molar-refractivity contribution in [3.05, 3.63) is 12.2 Å². The molecule has 3 N–H and O–H groups in total. The standard InChI is InChI=1S/C13H27N5S/c1-10(2)7-18-12(15-9-16-18)6-11(17-14)8-19-13(3,4)5/h9-11,17H,6-8,14H2,1-5H3. The first-order valence-electron chi connectivity index (χ1n) is 6.78. The van der Waals surface area contributed by atoms with Gasteiger partial charge in [0.05, 0.1) is 0 Å². The first kappa shape index (κ1) is 16.5. The number of nitrogens with one attached hydrogen (secondary N) is 1. The molecule has 6 heteroatoms. The van der Waals surface area contributed by atoms with Crippen LogP contribution in [-0.2, 0) is 13.0 Å². The number of nitrogens with two attached hydrogens (primary N) is 1. The van der Waals surface area contributed by atoms with E-state index in [9.17, 15) is 0 Å². The third-order valence-corrected chi connectivity index (χ3v) is 4.05. The number of aromatic nitrogens is 3. The molecule has 1 aromatic heterocycles. The van der Waals surface area contributed by atoms with Gasteiger partial charge in [-0.25, -0.2) is 9.67 Å². The molecule has 0 saturated carbocycles. The quantitative estimate of drug-likeness (QED) is 0.591. The maximum Gasteiger partial charge on any atom is 0.138 e. The molecule has 0 saturated heterocycles. The van der Waals surface area contributed by atoms with Crippen molar-refractivity contribution >= 4 is 11.8 Å². The molecule has 0 aliphatic heterocycles. The van der Waals surface area contributed by atoms with Crippen LogP contribution in [0.1, 0.15) is 40.4 Å². The Bertz CT molecular complexity index is 369. The largest absolute Gasteiger partial charge is 0.271 e. The maximum absolute atomic E-state index is 5.65. The molecule has 1 rings (SSSR count). The van der Waals surface area contributed by atoms with Gasteiger partial charge in [0.15, 0.2) is 0 Å². The Hall–Kier alpha value is -0.590. The number of hydrogen-bond donors (Lipinski definition) is 2. The summed E-state index contributed by atoms with van der Waals surface area (Å²) in [6, 6.07) is 0.222. The minimum Gasteiger partial charge on any atom is -0.271 e. The van der Waals surface area contributed by atoms with E-state index in [1.54, 1.807) is 6.33 Å². The Balaban J connectivity index is 2.58. The van der Waals surface area contributed by atoms with E-state index in [0.717, 1.165) is 24.5 Å². The number of thioether (sulfide) groups is 1. The molecular formula is C13H27N5S. The molecule has 1 unspecified atom stereocenters. The van der Waals surface area contributed by atoms with E-state index >= 15 is 0 Å². The van der Waals surface area contributed by atoms with Crippen LogP contribution in [0.25, 0.3) is 0 Å². The fourth-order valence-corrected chi connectivity index (χ4v) is 2.60. The summed E-state index contributed by atoms with van der Waals surface area (Å²) in [7, 11) is 0. The highest BCUT2D eigenvalue weighted by Crippen LogP contribution is 2.24. The van der Waals surface area contributed by atoms with E-state index in [4.69, 9.17) is 5.84 Å². The molecule has 1 aromatic rings. The van der Waals surface area contributed by atoms with Crippen LogP contribution in [0.5, 0.6) is 0 Å². The molecule has 0 fully saturated rings. The maximum atomic E-state index is 5.65. The summed E-state index contributed by atoms with van der Waals surface area (Å²) in [5.41, 5.74) is 2.89. The number of rotatable bonds is 7. The van der Waals surface area contributed by atoms with E-state index < -0.39 is 0 Å². The SMILES string of the molecule is CC(C)Cn1ncnc1CC(CSC(C)(C)C)NN. The highest BCUT2D eigenvalue weighted by atomic mass is 32.2. The fraction of sp³-hybridized carbons (Fsp3) is 0.846. The highest BCUT2D eigenvalue weighted by Gasteiger charge is 2.17. The van der Waals surface area contributed by atoms with Crippen LogP contribution in [0, 0.1) is 5.92 Å². The molecule has 1 heterocycles. The van der Waals surface area contributed by atoms with E-state index in [1.807, 2.05) is 16.4 Å². The summed E-state index contributed by atoms with van der Waals surface area (Å²) in [5, 5.41) is 4.28. The normalized spacial score (nSPS) is 14.1. The van der Waals surface area contributed by atoms with Crippen LogP contribution in [-0.4, -0.2) is 31.3 Å². The predicted molar refractivity (Wildman–Crippen MR) is 81.9 cm³/mol. The van der Waals surface area contributed by atoms with Gasteiger partial charge < -0.3 is 0 Å². The number of nitrogens with zero attached hydrogens (tertiary/aromatic N) is 3. The van der Waals surface area contributed by atoms with E-state index in [2.05, 4.69) is 50.1 Å². The Labute approximate surface area is 120 Å². The van der Waals surface area contributed by atoms with Gasteiger partial charge in [-0.05, 0) is 5.92 Å². The summed E-state index contributed by atoms with van der Waals surface area (Å²) in [4.78, 5) is 4.35. The third kappa shape index (κ3) is 6.40. The van der Waals surface area contributed by atoms with Gasteiger partial charge in [0.25, 0.3) is 0 Å². The summed E-state index contributed by atoms with van der Waals surface area (Å²) in [5.74, 6) is 8.19. The number of hydrazine groups is 1. The zero-order valence-corrected chi connectivity index (χ0v) is 13.5. The van der Waals surface area contributed by atoms with Gasteiger partial charge in [0.1, 0.15) is 12.2 Å². The highest BCUT2D eigenvalue weighted by molar-refractivity contribution is 8.00. The Morgan fingerprint density at radius 2 is 2.11 bits per heavy atom. The smallest absolute Gasteiger partial charge is 0.138 e. The van der Waals surface area contributed by atoms with Gasteiger partial charge in [-0.1, -0.05) is 34.6 Å². The van der Waals surface area contributed by atoms with Crippen molar-refractivity contribution in [1.29, 1.82) is 0 Å². The van der Waals surface area contributed by atoms with Gasteiger partial charge >= 0.3 is 0 Å². The molecule has 0 aromatic carbocycles. The van der Waals surface area contributed by atoms with Crippen LogP contribution < -0.4 is 11.3 Å². The first-order valence-corrected chi connectivity index (χ1v) is 7.77. The Morgan fingerprint density at radius 1 is 1.42 bits per heavy atom. The monoisotopic (exact) mass is 285 g/mol. The summed E-state index contributed by atoms with van der Waals surface area (Å²) >= 11 is 1.91. The predicted octanol–water partition coefficient (Wildman–Crippen LogP) is 1.84. The second-order valence-corrected chi connectivity index (χ2v) is 8.09. The molecule has 0 radical (unpaired) electrons.